The van der Waals surface area contributed by atoms with E-state index >= 15 is 4.39 Å². The molecule has 0 spiro atoms. The van der Waals surface area contributed by atoms with Crippen LogP contribution in [0.3, 0.4) is 0 Å². The Balaban J connectivity index is 1.21. The molecule has 3 aliphatic heterocycles. The van der Waals surface area contributed by atoms with Crippen molar-refractivity contribution in [3.63, 3.8) is 0 Å². The number of nitrogens with zero attached hydrogens (tertiary/aromatic N) is 7. The number of halogens is 1. The number of carbonyl (C=O) groups is 1. The number of nitriles is 1. The van der Waals surface area contributed by atoms with Crippen LogP contribution in [0.15, 0.2) is 60.3 Å². The first-order valence-electron chi connectivity index (χ1n) is 23.8. The molecule has 2 bridgehead atoms. The topological polar surface area (TPSA) is 288 Å². The largest absolute Gasteiger partial charge is 0.472 e. The number of rotatable bonds is 15. The third kappa shape index (κ3) is 11.0. The van der Waals surface area contributed by atoms with Crippen molar-refractivity contribution in [1.29, 1.82) is 5.26 Å². The molecule has 1 amide bonds. The van der Waals surface area contributed by atoms with Crippen LogP contribution in [0.2, 0.25) is 22.2 Å². The van der Waals surface area contributed by atoms with Gasteiger partial charge >= 0.3 is 31.7 Å². The zero-order valence-corrected chi connectivity index (χ0v) is 46.2. The van der Waals surface area contributed by atoms with Crippen LogP contribution >= 0.6 is 14.5 Å². The maximum atomic E-state index is 15.9. The minimum absolute atomic E-state index is 0.118. The molecule has 7 heterocycles. The molecule has 0 aliphatic carbocycles. The van der Waals surface area contributed by atoms with Gasteiger partial charge in [0.2, 0.25) is 0 Å². The molecule has 73 heavy (non-hydrogen) atoms. The average Bonchev–Trinajstić information content (AvgIpc) is 4.09. The molecule has 23 nitrogen and oxygen atoms in total. The Morgan fingerprint density at radius 1 is 0.959 bits per heavy atom. The van der Waals surface area contributed by atoms with Crippen LogP contribution in [0.1, 0.15) is 91.5 Å². The van der Waals surface area contributed by atoms with E-state index in [2.05, 4.69) is 30.2 Å². The van der Waals surface area contributed by atoms with Crippen LogP contribution in [-0.2, 0) is 57.0 Å². The lowest BCUT2D eigenvalue weighted by atomic mass is 10.0. The number of anilines is 1. The van der Waals surface area contributed by atoms with Gasteiger partial charge in [0.05, 0.1) is 45.0 Å². The predicted octanol–water partition coefficient (Wildman–Crippen LogP) is 7.38. The molecule has 396 valence electrons. The normalized spacial score (nSPS) is 28.4. The number of phosphoric ester groups is 1. The van der Waals surface area contributed by atoms with Gasteiger partial charge in [-0.05, 0) is 46.1 Å². The molecule has 5 aromatic rings. The molecule has 0 saturated carbocycles. The van der Waals surface area contributed by atoms with Crippen molar-refractivity contribution >= 4 is 77.4 Å². The Morgan fingerprint density at radius 2 is 1.64 bits per heavy atom. The maximum Gasteiger partial charge on any atom is 0.472 e. The second kappa shape index (κ2) is 21.9. The summed E-state index contributed by atoms with van der Waals surface area (Å²) in [4.78, 5) is 70.1. The van der Waals surface area contributed by atoms with Crippen LogP contribution in [0.25, 0.3) is 22.2 Å². The highest BCUT2D eigenvalue weighted by Gasteiger charge is 2.61. The van der Waals surface area contributed by atoms with Gasteiger partial charge in [0.15, 0.2) is 34.7 Å². The van der Waals surface area contributed by atoms with E-state index in [1.165, 1.54) is 17.2 Å². The van der Waals surface area contributed by atoms with E-state index in [0.717, 1.165) is 12.5 Å². The van der Waals surface area contributed by atoms with Crippen LogP contribution in [0.5, 0.6) is 0 Å². The van der Waals surface area contributed by atoms with Crippen molar-refractivity contribution in [3.05, 3.63) is 77.2 Å². The number of hydrogen-bond acceptors (Lipinski definition) is 19. The van der Waals surface area contributed by atoms with Crippen molar-refractivity contribution in [2.75, 3.05) is 25.1 Å². The molecule has 4 aromatic heterocycles. The monoisotopic (exact) mass is 1110 g/mol. The van der Waals surface area contributed by atoms with Crippen molar-refractivity contribution < 1.29 is 64.1 Å². The summed E-state index contributed by atoms with van der Waals surface area (Å²) in [5.41, 5.74) is -1.40. The minimum Gasteiger partial charge on any atom is -0.414 e. The Hall–Kier alpha value is -4.05. The lowest BCUT2D eigenvalue weighted by Crippen LogP contribution is -2.62. The lowest BCUT2D eigenvalue weighted by molar-refractivity contribution is -0.0647. The molecule has 3 saturated heterocycles. The number of amides is 1. The van der Waals surface area contributed by atoms with E-state index in [1.54, 1.807) is 41.8 Å². The molecule has 3 aliphatic rings. The Kier molecular flexibility index (Phi) is 16.6. The van der Waals surface area contributed by atoms with Crippen molar-refractivity contribution in [2.45, 2.75) is 134 Å². The number of fused-ring (bicyclic) bond motifs is 5. The summed E-state index contributed by atoms with van der Waals surface area (Å²) in [5.74, 6) is -2.04. The molecular weight excluding hydrogens is 1050 g/mol. The van der Waals surface area contributed by atoms with Gasteiger partial charge in [0.1, 0.15) is 48.5 Å². The van der Waals surface area contributed by atoms with Crippen LogP contribution < -0.4 is 10.9 Å². The average molecular weight is 1110 g/mol. The van der Waals surface area contributed by atoms with E-state index in [4.69, 9.17) is 52.4 Å². The number of aromatic amines is 1. The summed E-state index contributed by atoms with van der Waals surface area (Å²) in [6.07, 6.45) is -4.58. The second-order valence-corrected chi connectivity index (χ2v) is 32.3. The fraction of sp³-hybridized carbons (Fsp3) is 0.568. The third-order valence-corrected chi connectivity index (χ3v) is 26.4. The van der Waals surface area contributed by atoms with Gasteiger partial charge in [-0.25, -0.2) is 28.9 Å². The minimum atomic E-state index is -5.13. The summed E-state index contributed by atoms with van der Waals surface area (Å²) in [6, 6.07) is 10.5. The molecular formula is C44H60FN9O14P2SSi2. The van der Waals surface area contributed by atoms with E-state index in [0.29, 0.717) is 5.56 Å². The van der Waals surface area contributed by atoms with Crippen molar-refractivity contribution in [2.24, 2.45) is 5.92 Å². The van der Waals surface area contributed by atoms with Crippen LogP contribution in [-0.4, -0.2) is 117 Å². The van der Waals surface area contributed by atoms with E-state index in [1.807, 2.05) is 61.5 Å². The summed E-state index contributed by atoms with van der Waals surface area (Å²) in [5, 5.41) is 12.0. The zero-order chi connectivity index (χ0) is 52.8. The Morgan fingerprint density at radius 3 is 2.32 bits per heavy atom. The quantitative estimate of drug-likeness (QED) is 0.0452. The molecule has 10 atom stereocenters. The molecule has 0 radical (unpaired) electrons. The van der Waals surface area contributed by atoms with Gasteiger partial charge in [-0.3, -0.25) is 27.7 Å². The number of benzene rings is 1. The van der Waals surface area contributed by atoms with Gasteiger partial charge in [-0.1, -0.05) is 80.5 Å². The molecule has 29 heteroatoms. The van der Waals surface area contributed by atoms with E-state index in [9.17, 15) is 29.1 Å². The van der Waals surface area contributed by atoms with Crippen molar-refractivity contribution in [3.8, 4) is 6.07 Å². The number of ether oxygens (including phenoxy) is 2. The first-order chi connectivity index (χ1) is 34.5. The van der Waals surface area contributed by atoms with Gasteiger partial charge in [-0.2, -0.15) is 5.26 Å². The number of carbonyl (C=O) groups excluding carboxylic acids is 1. The highest BCUT2D eigenvalue weighted by Crippen LogP contribution is 2.58. The summed E-state index contributed by atoms with van der Waals surface area (Å²) in [7, 11) is -12.5. The van der Waals surface area contributed by atoms with Gasteiger partial charge in [0.25, 0.3) is 11.5 Å². The second-order valence-electron chi connectivity index (χ2n) is 19.3. The fourth-order valence-corrected chi connectivity index (χ4v) is 22.5. The number of phosphoric acid groups is 1. The standard InChI is InChI=1S/C44H60FN9O14P2SSi2/c1-24(2)72(59,25(3)4)68-73(26(5)6,27(7)8)67-36-32-19-61-69(57,58)65-35-28(9)43(54-23-51-34-38(47-21-49-40(34)54)52-41(55)29-14-11-10-12-15-29)63-31(35)20-62-70(71,60-17-13-16-46)66-37(36)44(64-32)53-18-30(45)33-39(53)48-22-50-42(33)56/h10-12,14-15,18,21-28,31-32,35-37,43-44,59H,13,17,19-20H2,1-9H3,(H,57,58)(H,48,50,56)(H,47,49,52,55)/t28-,31-,32-,35+,36-,37-,43-,44-,70?/m1/s1. The highest BCUT2D eigenvalue weighted by molar-refractivity contribution is 8.07. The number of hydrogen-bond donors (Lipinski definition) is 4. The fourth-order valence-electron chi connectivity index (χ4n) is 9.50. The van der Waals surface area contributed by atoms with E-state index < -0.39 is 116 Å². The number of H-pyrrole nitrogens is 1. The molecule has 3 fully saturated rings. The highest BCUT2D eigenvalue weighted by atomic mass is 32.5. The van der Waals surface area contributed by atoms with Crippen molar-refractivity contribution in [1.82, 2.24) is 34.1 Å². The molecule has 2 unspecified atom stereocenters. The smallest absolute Gasteiger partial charge is 0.414 e. The van der Waals surface area contributed by atoms with Crippen LogP contribution in [0, 0.1) is 23.1 Å². The SMILES string of the molecule is CC(C)[Si](O)(O[Si](O[C@H]1[C@H]2OP(=S)(OCCC#N)OC[C@H]3O[C@@H](n4cnc5c(NC(=O)c6ccccc6)ncnc54)[C@H](C)[C@@H]3OP(=O)(O)OC[C@H]1O[C@H]2n1cc(F)c2c(=O)[nH]cnc21)(C(C)C)C(C)C)C(C)C. The van der Waals surface area contributed by atoms with Gasteiger partial charge in [-0.15, -0.1) is 0 Å². The zero-order valence-electron chi connectivity index (χ0n) is 41.6. The Bertz CT molecular complexity index is 2990. The lowest BCUT2D eigenvalue weighted by Gasteiger charge is -2.47. The van der Waals surface area contributed by atoms with Crippen LogP contribution in [0.4, 0.5) is 10.2 Å². The first kappa shape index (κ1) is 55.2. The summed E-state index contributed by atoms with van der Waals surface area (Å²) in [6.45, 7) is 11.2. The maximum absolute atomic E-state index is 15.9. The van der Waals surface area contributed by atoms with Gasteiger partial charge in [0, 0.05) is 17.7 Å². The number of aromatic nitrogens is 7. The Labute approximate surface area is 427 Å². The predicted molar refractivity (Wildman–Crippen MR) is 269 cm³/mol. The molecule has 1 aromatic carbocycles. The van der Waals surface area contributed by atoms with E-state index in [-0.39, 0.29) is 57.8 Å². The number of nitrogens with one attached hydrogen (secondary N) is 2. The number of imidazole rings is 1. The summed E-state index contributed by atoms with van der Waals surface area (Å²) >= 11 is 6.18. The third-order valence-electron chi connectivity index (χ3n) is 13.4. The molecule has 8 rings (SSSR count). The first-order valence-corrected chi connectivity index (χ1v) is 31.8. The molecule has 4 N–H and O–H groups in total. The van der Waals surface area contributed by atoms with Gasteiger partial charge < -0.3 is 51.6 Å². The summed E-state index contributed by atoms with van der Waals surface area (Å²) < 4.78 is 92.2.